The molecule has 0 radical (unpaired) electrons. The topological polar surface area (TPSA) is 26.8 Å². The lowest BCUT2D eigenvalue weighted by molar-refractivity contribution is -0.136. The van der Waals surface area contributed by atoms with Crippen LogP contribution >= 0.6 is 0 Å². The van der Waals surface area contributed by atoms with Crippen molar-refractivity contribution >= 4 is 5.91 Å². The minimum atomic E-state index is 0.111. The Balaban J connectivity index is 1.35. The van der Waals surface area contributed by atoms with E-state index in [-0.39, 0.29) is 6.04 Å². The molecule has 1 aromatic rings. The normalized spacial score (nSPS) is 26.3. The average molecular weight is 356 g/mol. The van der Waals surface area contributed by atoms with Crippen molar-refractivity contribution in [1.82, 2.24) is 14.7 Å². The van der Waals surface area contributed by atoms with Crippen molar-refractivity contribution in [1.29, 1.82) is 0 Å². The van der Waals surface area contributed by atoms with Crippen molar-refractivity contribution in [3.8, 4) is 0 Å². The van der Waals surface area contributed by atoms with E-state index < -0.39 is 0 Å². The largest absolute Gasteiger partial charge is 0.340 e. The number of carbonyl (C=O) groups is 1. The van der Waals surface area contributed by atoms with Gasteiger partial charge in [0.1, 0.15) is 0 Å². The summed E-state index contributed by atoms with van der Waals surface area (Å²) in [7, 11) is 2.13. The number of benzene rings is 1. The van der Waals surface area contributed by atoms with Gasteiger partial charge in [-0.15, -0.1) is 0 Å². The van der Waals surface area contributed by atoms with Gasteiger partial charge in [-0.1, -0.05) is 37.1 Å². The van der Waals surface area contributed by atoms with Gasteiger partial charge < -0.3 is 4.90 Å². The third kappa shape index (κ3) is 3.81. The van der Waals surface area contributed by atoms with Crippen LogP contribution in [0, 0.1) is 0 Å². The van der Waals surface area contributed by atoms with Gasteiger partial charge >= 0.3 is 0 Å². The number of hydrogen-bond acceptors (Lipinski definition) is 3. The summed E-state index contributed by atoms with van der Waals surface area (Å²) in [6, 6.07) is 9.62. The van der Waals surface area contributed by atoms with Gasteiger partial charge in [0.15, 0.2) is 0 Å². The second kappa shape index (κ2) is 8.10. The summed E-state index contributed by atoms with van der Waals surface area (Å²) in [5.74, 6) is 0.381. The Morgan fingerprint density at radius 3 is 2.42 bits per heavy atom. The van der Waals surface area contributed by atoms with Crippen LogP contribution < -0.4 is 0 Å². The lowest BCUT2D eigenvalue weighted by Crippen LogP contribution is -2.48. The number of fused-ring (bicyclic) bond motifs is 1. The fraction of sp³-hybridized carbons (Fsp3) is 0.682. The fourth-order valence-electron chi connectivity index (χ4n) is 5.09. The zero-order valence-electron chi connectivity index (χ0n) is 16.2. The first-order valence-corrected chi connectivity index (χ1v) is 10.5. The first-order chi connectivity index (χ1) is 12.7. The molecule has 142 valence electrons. The molecule has 4 heteroatoms. The van der Waals surface area contributed by atoms with E-state index in [1.54, 1.807) is 0 Å². The van der Waals surface area contributed by atoms with Gasteiger partial charge in [-0.25, -0.2) is 0 Å². The third-order valence-corrected chi connectivity index (χ3v) is 6.69. The molecule has 0 spiro atoms. The molecular weight excluding hydrogens is 322 g/mol. The van der Waals surface area contributed by atoms with Crippen LogP contribution in [0.25, 0.3) is 0 Å². The molecule has 1 atom stereocenters. The molecular formula is C22H33N3O. The molecule has 26 heavy (non-hydrogen) atoms. The van der Waals surface area contributed by atoms with E-state index in [0.29, 0.717) is 11.9 Å². The van der Waals surface area contributed by atoms with Gasteiger partial charge in [0.05, 0.1) is 6.04 Å². The number of rotatable bonds is 2. The molecule has 0 aromatic heterocycles. The van der Waals surface area contributed by atoms with Crippen LogP contribution in [-0.2, 0) is 17.6 Å². The first-order valence-electron chi connectivity index (χ1n) is 10.5. The van der Waals surface area contributed by atoms with Crippen molar-refractivity contribution in [3.63, 3.8) is 0 Å². The Morgan fingerprint density at radius 1 is 0.885 bits per heavy atom. The van der Waals surface area contributed by atoms with E-state index in [1.165, 1.54) is 43.2 Å². The van der Waals surface area contributed by atoms with Crippen molar-refractivity contribution in [2.24, 2.45) is 0 Å². The molecule has 0 unspecified atom stereocenters. The Bertz CT molecular complexity index is 607. The maximum absolute atomic E-state index is 13.1. The summed E-state index contributed by atoms with van der Waals surface area (Å²) < 4.78 is 0. The number of hydrogen-bond donors (Lipinski definition) is 0. The van der Waals surface area contributed by atoms with Crippen molar-refractivity contribution in [2.75, 3.05) is 39.8 Å². The van der Waals surface area contributed by atoms with E-state index >= 15 is 0 Å². The number of nitrogens with zero attached hydrogens (tertiary/aromatic N) is 3. The number of likely N-dealkylation sites (tertiary alicyclic amines) is 1. The summed E-state index contributed by atoms with van der Waals surface area (Å²) in [6.07, 6.45) is 8.19. The molecule has 2 saturated heterocycles. The SMILES string of the molecule is CN1CCCCC[C@@H]1C(=O)N1CCCN(C2Cc3ccccc3C2)CC1. The predicted molar refractivity (Wildman–Crippen MR) is 105 cm³/mol. The quantitative estimate of drug-likeness (QED) is 0.816. The highest BCUT2D eigenvalue weighted by atomic mass is 16.2. The predicted octanol–water partition coefficient (Wildman–Crippen LogP) is 2.56. The number of carbonyl (C=O) groups excluding carboxylic acids is 1. The third-order valence-electron chi connectivity index (χ3n) is 6.69. The van der Waals surface area contributed by atoms with Crippen LogP contribution in [0.4, 0.5) is 0 Å². The van der Waals surface area contributed by atoms with Crippen LogP contribution in [-0.4, -0.2) is 72.5 Å². The van der Waals surface area contributed by atoms with Crippen LogP contribution in [0.3, 0.4) is 0 Å². The summed E-state index contributed by atoms with van der Waals surface area (Å²) in [5.41, 5.74) is 3.05. The first kappa shape index (κ1) is 18.0. The molecule has 1 aromatic carbocycles. The highest BCUT2D eigenvalue weighted by Crippen LogP contribution is 2.26. The van der Waals surface area contributed by atoms with Crippen molar-refractivity contribution < 1.29 is 4.79 Å². The summed E-state index contributed by atoms with van der Waals surface area (Å²) in [6.45, 7) is 5.05. The molecule has 4 rings (SSSR count). The highest BCUT2D eigenvalue weighted by Gasteiger charge is 2.32. The van der Waals surface area contributed by atoms with E-state index in [0.717, 1.165) is 45.6 Å². The van der Waals surface area contributed by atoms with Gasteiger partial charge in [-0.3, -0.25) is 14.6 Å². The van der Waals surface area contributed by atoms with Crippen LogP contribution in [0.5, 0.6) is 0 Å². The van der Waals surface area contributed by atoms with Crippen LogP contribution in [0.1, 0.15) is 43.2 Å². The maximum atomic E-state index is 13.1. The van der Waals surface area contributed by atoms with Crippen LogP contribution in [0.15, 0.2) is 24.3 Å². The number of amides is 1. The Kier molecular flexibility index (Phi) is 5.60. The molecule has 4 nitrogen and oxygen atoms in total. The van der Waals surface area contributed by atoms with Gasteiger partial charge in [0, 0.05) is 32.2 Å². The molecule has 2 heterocycles. The number of likely N-dealkylation sites (N-methyl/N-ethyl adjacent to an activating group) is 1. The fourth-order valence-corrected chi connectivity index (χ4v) is 5.09. The summed E-state index contributed by atoms with van der Waals surface area (Å²) >= 11 is 0. The Morgan fingerprint density at radius 2 is 1.65 bits per heavy atom. The minimum absolute atomic E-state index is 0.111. The lowest BCUT2D eigenvalue weighted by atomic mass is 10.1. The van der Waals surface area contributed by atoms with Crippen LogP contribution in [0.2, 0.25) is 0 Å². The molecule has 2 aliphatic heterocycles. The van der Waals surface area contributed by atoms with Crippen molar-refractivity contribution in [3.05, 3.63) is 35.4 Å². The molecule has 1 amide bonds. The van der Waals surface area contributed by atoms with Crippen molar-refractivity contribution in [2.45, 2.75) is 57.0 Å². The minimum Gasteiger partial charge on any atom is -0.340 e. The molecule has 1 aliphatic carbocycles. The van der Waals surface area contributed by atoms with E-state index in [4.69, 9.17) is 0 Å². The van der Waals surface area contributed by atoms with Gasteiger partial charge in [0.2, 0.25) is 5.91 Å². The summed E-state index contributed by atoms with van der Waals surface area (Å²) in [5, 5.41) is 0. The van der Waals surface area contributed by atoms with E-state index in [2.05, 4.69) is 46.0 Å². The van der Waals surface area contributed by atoms with E-state index in [1.807, 2.05) is 0 Å². The zero-order chi connectivity index (χ0) is 17.9. The Labute approximate surface area is 158 Å². The summed E-state index contributed by atoms with van der Waals surface area (Å²) in [4.78, 5) is 20.2. The molecule has 0 N–H and O–H groups in total. The second-order valence-corrected chi connectivity index (χ2v) is 8.39. The second-order valence-electron chi connectivity index (χ2n) is 8.39. The lowest BCUT2D eigenvalue weighted by Gasteiger charge is -2.31. The Hall–Kier alpha value is -1.39. The molecule has 3 aliphatic rings. The monoisotopic (exact) mass is 355 g/mol. The smallest absolute Gasteiger partial charge is 0.239 e. The van der Waals surface area contributed by atoms with Gasteiger partial charge in [0.25, 0.3) is 0 Å². The molecule has 0 bridgehead atoms. The molecule has 2 fully saturated rings. The van der Waals surface area contributed by atoms with Gasteiger partial charge in [-0.05, 0) is 56.8 Å². The average Bonchev–Trinajstić information content (AvgIpc) is 2.80. The zero-order valence-corrected chi connectivity index (χ0v) is 16.2. The highest BCUT2D eigenvalue weighted by molar-refractivity contribution is 5.82. The maximum Gasteiger partial charge on any atom is 0.239 e. The van der Waals surface area contributed by atoms with Gasteiger partial charge in [-0.2, -0.15) is 0 Å². The standard InChI is InChI=1S/C22H33N3O/c1-23-11-6-2-3-10-21(23)22(26)25-13-7-12-24(14-15-25)20-16-18-8-4-5-9-19(18)17-20/h4-5,8-9,20-21H,2-3,6-7,10-17H2,1H3/t21-/m1/s1. The molecule has 0 saturated carbocycles. The van der Waals surface area contributed by atoms with E-state index in [9.17, 15) is 4.79 Å².